The summed E-state index contributed by atoms with van der Waals surface area (Å²) in [6.07, 6.45) is -1.24. The summed E-state index contributed by atoms with van der Waals surface area (Å²) in [5, 5.41) is 0.532. The topological polar surface area (TPSA) is 64.6 Å². The lowest BCUT2D eigenvalue weighted by Crippen LogP contribution is -2.37. The Morgan fingerprint density at radius 3 is 2.50 bits per heavy atom. The molecule has 1 heterocycles. The Kier molecular flexibility index (Phi) is 6.24. The minimum atomic E-state index is -1.48. The first-order chi connectivity index (χ1) is 14.5. The molecule has 5 nitrogen and oxygen atoms in total. The first kappa shape index (κ1) is 20.7. The zero-order valence-electron chi connectivity index (χ0n) is 15.7. The molecule has 1 fully saturated rings. The van der Waals surface area contributed by atoms with E-state index in [2.05, 4.69) is 4.72 Å². The second-order valence-corrected chi connectivity index (χ2v) is 8.43. The molecule has 3 aromatic carbocycles. The molecule has 1 unspecified atom stereocenters. The van der Waals surface area contributed by atoms with Crippen LogP contribution >= 0.6 is 11.6 Å². The van der Waals surface area contributed by atoms with E-state index in [9.17, 15) is 13.7 Å². The molecule has 0 aromatic heterocycles. The van der Waals surface area contributed by atoms with Crippen LogP contribution in [-0.2, 0) is 16.1 Å². The smallest absolute Gasteiger partial charge is 0.415 e. The molecule has 8 heteroatoms. The number of amides is 1. The normalized spacial score (nSPS) is 19.6. The van der Waals surface area contributed by atoms with Gasteiger partial charge in [0.25, 0.3) is 0 Å². The number of cyclic esters (lactones) is 1. The van der Waals surface area contributed by atoms with Gasteiger partial charge in [0.1, 0.15) is 18.0 Å². The van der Waals surface area contributed by atoms with Crippen LogP contribution in [0.25, 0.3) is 0 Å². The fourth-order valence-electron chi connectivity index (χ4n) is 3.39. The molecule has 3 aromatic rings. The van der Waals surface area contributed by atoms with Crippen LogP contribution in [0.4, 0.5) is 14.9 Å². The van der Waals surface area contributed by atoms with E-state index in [0.29, 0.717) is 21.2 Å². The van der Waals surface area contributed by atoms with Crippen LogP contribution in [-0.4, -0.2) is 23.3 Å². The van der Waals surface area contributed by atoms with Crippen molar-refractivity contribution in [2.75, 3.05) is 11.4 Å². The number of benzene rings is 3. The van der Waals surface area contributed by atoms with Crippen LogP contribution in [0.3, 0.4) is 0 Å². The summed E-state index contributed by atoms with van der Waals surface area (Å²) >= 11 is 4.50. The second-order valence-electron chi connectivity index (χ2n) is 6.70. The van der Waals surface area contributed by atoms with Gasteiger partial charge < -0.3 is 9.29 Å². The van der Waals surface area contributed by atoms with E-state index in [4.69, 9.17) is 16.3 Å². The van der Waals surface area contributed by atoms with Gasteiger partial charge in [0.05, 0.1) is 17.9 Å². The zero-order valence-corrected chi connectivity index (χ0v) is 17.3. The molecule has 4 rings (SSSR count). The van der Waals surface area contributed by atoms with Crippen molar-refractivity contribution >= 4 is 34.7 Å². The van der Waals surface area contributed by atoms with Crippen LogP contribution in [0.1, 0.15) is 11.6 Å². The van der Waals surface area contributed by atoms with Gasteiger partial charge in [0.15, 0.2) is 4.90 Å². The van der Waals surface area contributed by atoms with Crippen LogP contribution in [0.15, 0.2) is 83.8 Å². The van der Waals surface area contributed by atoms with E-state index < -0.39 is 35.4 Å². The van der Waals surface area contributed by atoms with E-state index in [-0.39, 0.29) is 6.54 Å². The molecular formula is C22H18ClFN2O3S. The summed E-state index contributed by atoms with van der Waals surface area (Å²) in [4.78, 5) is 14.8. The summed E-state index contributed by atoms with van der Waals surface area (Å²) in [5.41, 5.74) is 1.15. The number of rotatable bonds is 6. The Morgan fingerprint density at radius 1 is 1.07 bits per heavy atom. The summed E-state index contributed by atoms with van der Waals surface area (Å²) in [7, 11) is 0. The Bertz CT molecular complexity index is 1020. The number of halogens is 2. The predicted molar refractivity (Wildman–Crippen MR) is 114 cm³/mol. The fourth-order valence-corrected chi connectivity index (χ4v) is 4.40. The first-order valence-electron chi connectivity index (χ1n) is 9.24. The molecule has 1 N–H and O–H groups in total. The minimum absolute atomic E-state index is 0.124. The van der Waals surface area contributed by atoms with Crippen LogP contribution in [0.5, 0.6) is 0 Å². The van der Waals surface area contributed by atoms with Crippen molar-refractivity contribution in [2.45, 2.75) is 17.0 Å². The number of hydrogen-bond acceptors (Lipinski definition) is 4. The van der Waals surface area contributed by atoms with Crippen molar-refractivity contribution in [2.24, 2.45) is 0 Å². The highest BCUT2D eigenvalue weighted by atomic mass is 35.5. The third-order valence-corrected chi connectivity index (χ3v) is 6.13. The number of carbonyl (C=O) groups excluding carboxylic acids is 1. The lowest BCUT2D eigenvalue weighted by molar-refractivity contribution is 0.134. The van der Waals surface area contributed by atoms with Crippen LogP contribution in [0.2, 0.25) is 5.02 Å². The molecule has 0 spiro atoms. The molecule has 0 aliphatic carbocycles. The number of anilines is 1. The SMILES string of the molecule is O=C1O[C@@H](CN[S+]([O-])c2ccccc2)[C@H](c2cccc(F)c2)N1c1ccc(Cl)cc1. The maximum absolute atomic E-state index is 13.9. The molecule has 1 amide bonds. The van der Waals surface area contributed by atoms with Crippen molar-refractivity contribution in [1.29, 1.82) is 0 Å². The van der Waals surface area contributed by atoms with Crippen molar-refractivity contribution in [3.8, 4) is 0 Å². The summed E-state index contributed by atoms with van der Waals surface area (Å²) in [6, 6.07) is 21.1. The van der Waals surface area contributed by atoms with Crippen molar-refractivity contribution in [3.63, 3.8) is 0 Å². The van der Waals surface area contributed by atoms with Gasteiger partial charge in [-0.25, -0.2) is 9.18 Å². The molecule has 1 saturated heterocycles. The van der Waals surface area contributed by atoms with E-state index in [1.54, 1.807) is 60.7 Å². The lowest BCUT2D eigenvalue weighted by Gasteiger charge is -2.25. The van der Waals surface area contributed by atoms with Crippen molar-refractivity contribution in [3.05, 3.63) is 95.3 Å². The molecule has 0 radical (unpaired) electrons. The standard InChI is InChI=1S/C22H18ClFN2O3S/c23-16-9-11-18(12-10-16)26-21(15-5-4-6-17(24)13-15)20(29-22(26)27)14-25-30(28)19-7-2-1-3-8-19/h1-13,20-21,25H,14H2/t20-,21-,30?/m0/s1. The average Bonchev–Trinajstić information content (AvgIpc) is 3.09. The van der Waals surface area contributed by atoms with Gasteiger partial charge in [-0.15, -0.1) is 4.72 Å². The number of nitrogens with zero attached hydrogens (tertiary/aromatic N) is 1. The van der Waals surface area contributed by atoms with Gasteiger partial charge >= 0.3 is 6.09 Å². The van der Waals surface area contributed by atoms with E-state index in [1.807, 2.05) is 6.07 Å². The highest BCUT2D eigenvalue weighted by Gasteiger charge is 2.44. The molecule has 3 atom stereocenters. The third kappa shape index (κ3) is 4.44. The Hall–Kier alpha value is -2.58. The van der Waals surface area contributed by atoms with E-state index in [1.165, 1.54) is 17.0 Å². The van der Waals surface area contributed by atoms with Gasteiger partial charge in [-0.3, -0.25) is 4.90 Å². The maximum Gasteiger partial charge on any atom is 0.415 e. The summed E-state index contributed by atoms with van der Waals surface area (Å²) in [5.74, 6) is -0.414. The summed E-state index contributed by atoms with van der Waals surface area (Å²) < 4.78 is 35.0. The first-order valence-corrected chi connectivity index (χ1v) is 10.8. The molecule has 0 bridgehead atoms. The summed E-state index contributed by atoms with van der Waals surface area (Å²) in [6.45, 7) is 0.124. The van der Waals surface area contributed by atoms with E-state index >= 15 is 0 Å². The number of hydrogen-bond donors (Lipinski definition) is 1. The van der Waals surface area contributed by atoms with Gasteiger partial charge in [-0.2, -0.15) is 0 Å². The third-order valence-electron chi connectivity index (χ3n) is 4.75. The maximum atomic E-state index is 13.9. The average molecular weight is 445 g/mol. The van der Waals surface area contributed by atoms with Gasteiger partial charge in [-0.1, -0.05) is 41.9 Å². The van der Waals surface area contributed by atoms with Crippen LogP contribution < -0.4 is 9.62 Å². The second kappa shape index (κ2) is 9.06. The highest BCUT2D eigenvalue weighted by molar-refractivity contribution is 7.89. The molecule has 154 valence electrons. The quantitative estimate of drug-likeness (QED) is 0.551. The fraction of sp³-hybridized carbons (Fsp3) is 0.136. The van der Waals surface area contributed by atoms with Gasteiger partial charge in [0.2, 0.25) is 0 Å². The number of ether oxygens (including phenoxy) is 1. The lowest BCUT2D eigenvalue weighted by atomic mass is 10.00. The molecule has 1 aliphatic rings. The predicted octanol–water partition coefficient (Wildman–Crippen LogP) is 4.86. The zero-order chi connectivity index (χ0) is 21.1. The molecule has 1 aliphatic heterocycles. The Balaban J connectivity index is 1.62. The number of carbonyl (C=O) groups is 1. The van der Waals surface area contributed by atoms with E-state index in [0.717, 1.165) is 0 Å². The van der Waals surface area contributed by atoms with Gasteiger partial charge in [0, 0.05) is 10.7 Å². The molecular weight excluding hydrogens is 427 g/mol. The molecule has 30 heavy (non-hydrogen) atoms. The monoisotopic (exact) mass is 444 g/mol. The van der Waals surface area contributed by atoms with Gasteiger partial charge in [-0.05, 0) is 54.1 Å². The minimum Gasteiger partial charge on any atom is -0.593 e. The van der Waals surface area contributed by atoms with Crippen molar-refractivity contribution in [1.82, 2.24) is 4.72 Å². The van der Waals surface area contributed by atoms with Crippen molar-refractivity contribution < 1.29 is 18.5 Å². The number of nitrogens with one attached hydrogen (secondary N) is 1. The Morgan fingerprint density at radius 2 is 1.80 bits per heavy atom. The Labute approximate surface area is 181 Å². The van der Waals surface area contributed by atoms with Crippen LogP contribution in [0, 0.1) is 5.82 Å². The highest BCUT2D eigenvalue weighted by Crippen LogP contribution is 2.38. The largest absolute Gasteiger partial charge is 0.593 e. The molecule has 0 saturated carbocycles.